The molecular weight excluding hydrogens is 238 g/mol. The second kappa shape index (κ2) is 6.48. The van der Waals surface area contributed by atoms with Crippen LogP contribution in [0.2, 0.25) is 0 Å². The minimum atomic E-state index is 0.0459. The van der Waals surface area contributed by atoms with E-state index in [0.717, 1.165) is 24.9 Å². The molecule has 0 saturated heterocycles. The van der Waals surface area contributed by atoms with Gasteiger partial charge < -0.3 is 5.32 Å². The minimum Gasteiger partial charge on any atom is -0.312 e. The molecular formula is C15H21N3O. The van der Waals surface area contributed by atoms with E-state index in [1.165, 1.54) is 0 Å². The summed E-state index contributed by atoms with van der Waals surface area (Å²) in [6.45, 7) is 5.84. The third kappa shape index (κ3) is 3.20. The lowest BCUT2D eigenvalue weighted by atomic mass is 10.1. The molecule has 0 aliphatic heterocycles. The molecule has 4 nitrogen and oxygen atoms in total. The highest BCUT2D eigenvalue weighted by Gasteiger charge is 2.09. The van der Waals surface area contributed by atoms with Crippen molar-refractivity contribution in [2.75, 3.05) is 6.54 Å². The molecule has 2 aromatic rings. The first-order valence-corrected chi connectivity index (χ1v) is 6.93. The summed E-state index contributed by atoms with van der Waals surface area (Å²) in [4.78, 5) is 16.7. The molecule has 0 bridgehead atoms. The second-order valence-corrected chi connectivity index (χ2v) is 4.76. The summed E-state index contributed by atoms with van der Waals surface area (Å²) in [6, 6.07) is 7.81. The summed E-state index contributed by atoms with van der Waals surface area (Å²) in [5, 5.41) is 4.11. The molecule has 0 spiro atoms. The number of rotatable bonds is 6. The van der Waals surface area contributed by atoms with Crippen LogP contribution in [-0.2, 0) is 6.54 Å². The smallest absolute Gasteiger partial charge is 0.261 e. The van der Waals surface area contributed by atoms with Crippen LogP contribution in [0.1, 0.15) is 26.7 Å². The zero-order chi connectivity index (χ0) is 13.7. The molecule has 1 N–H and O–H groups in total. The van der Waals surface area contributed by atoms with E-state index in [0.29, 0.717) is 18.0 Å². The van der Waals surface area contributed by atoms with E-state index in [9.17, 15) is 4.79 Å². The van der Waals surface area contributed by atoms with Gasteiger partial charge in [0.05, 0.1) is 17.2 Å². The van der Waals surface area contributed by atoms with Gasteiger partial charge in [0.2, 0.25) is 0 Å². The summed E-state index contributed by atoms with van der Waals surface area (Å²) in [5.41, 5.74) is 0.809. The molecule has 1 aromatic carbocycles. The van der Waals surface area contributed by atoms with Crippen molar-refractivity contribution in [2.45, 2.75) is 39.3 Å². The van der Waals surface area contributed by atoms with Crippen molar-refractivity contribution in [3.8, 4) is 0 Å². The number of para-hydroxylation sites is 1. The number of likely N-dealkylation sites (N-methyl/N-ethyl adjacent to an activating group) is 1. The number of nitrogens with zero attached hydrogens (tertiary/aromatic N) is 2. The molecule has 0 aliphatic carbocycles. The van der Waals surface area contributed by atoms with E-state index in [-0.39, 0.29) is 5.56 Å². The average Bonchev–Trinajstić information content (AvgIpc) is 2.43. The molecule has 4 heteroatoms. The Morgan fingerprint density at radius 1 is 1.32 bits per heavy atom. The van der Waals surface area contributed by atoms with Gasteiger partial charge in [-0.2, -0.15) is 0 Å². The highest BCUT2D eigenvalue weighted by atomic mass is 16.1. The zero-order valence-corrected chi connectivity index (χ0v) is 11.6. The molecule has 2 rings (SSSR count). The van der Waals surface area contributed by atoms with Gasteiger partial charge in [-0.25, -0.2) is 4.98 Å². The number of hydrogen-bond acceptors (Lipinski definition) is 3. The predicted molar refractivity (Wildman–Crippen MR) is 78.4 cm³/mol. The molecule has 0 radical (unpaired) electrons. The van der Waals surface area contributed by atoms with E-state index in [2.05, 4.69) is 24.1 Å². The van der Waals surface area contributed by atoms with E-state index < -0.39 is 0 Å². The van der Waals surface area contributed by atoms with Gasteiger partial charge in [-0.1, -0.05) is 32.4 Å². The second-order valence-electron chi connectivity index (χ2n) is 4.76. The molecule has 0 fully saturated rings. The van der Waals surface area contributed by atoms with E-state index in [1.54, 1.807) is 10.9 Å². The number of hydrogen-bond donors (Lipinski definition) is 1. The maximum atomic E-state index is 12.4. The Hall–Kier alpha value is -1.68. The van der Waals surface area contributed by atoms with Crippen LogP contribution in [0.15, 0.2) is 35.4 Å². The highest BCUT2D eigenvalue weighted by molar-refractivity contribution is 5.76. The average molecular weight is 259 g/mol. The molecule has 19 heavy (non-hydrogen) atoms. The maximum Gasteiger partial charge on any atom is 0.261 e. The Bertz CT molecular complexity index is 585. The fourth-order valence-corrected chi connectivity index (χ4v) is 2.37. The first-order valence-electron chi connectivity index (χ1n) is 6.93. The number of aromatic nitrogens is 2. The van der Waals surface area contributed by atoms with Crippen molar-refractivity contribution in [1.82, 2.24) is 14.9 Å². The molecule has 0 aliphatic rings. The van der Waals surface area contributed by atoms with Crippen LogP contribution in [0.25, 0.3) is 10.9 Å². The van der Waals surface area contributed by atoms with Gasteiger partial charge in [0.1, 0.15) is 0 Å². The van der Waals surface area contributed by atoms with Gasteiger partial charge in [-0.3, -0.25) is 9.36 Å². The highest BCUT2D eigenvalue weighted by Crippen LogP contribution is 2.06. The summed E-state index contributed by atoms with van der Waals surface area (Å²) in [6.07, 6.45) is 3.82. The summed E-state index contributed by atoms with van der Waals surface area (Å²) < 4.78 is 1.71. The van der Waals surface area contributed by atoms with E-state index >= 15 is 0 Å². The Labute approximate surface area is 113 Å². The van der Waals surface area contributed by atoms with Crippen LogP contribution >= 0.6 is 0 Å². The number of benzene rings is 1. The zero-order valence-electron chi connectivity index (χ0n) is 11.6. The van der Waals surface area contributed by atoms with Gasteiger partial charge in [-0.15, -0.1) is 0 Å². The molecule has 1 heterocycles. The van der Waals surface area contributed by atoms with Gasteiger partial charge in [0.15, 0.2) is 0 Å². The third-order valence-corrected chi connectivity index (χ3v) is 3.28. The van der Waals surface area contributed by atoms with Crippen molar-refractivity contribution in [3.63, 3.8) is 0 Å². The molecule has 0 amide bonds. The molecule has 1 unspecified atom stereocenters. The lowest BCUT2D eigenvalue weighted by molar-refractivity contribution is 0.422. The van der Waals surface area contributed by atoms with Gasteiger partial charge in [0.25, 0.3) is 5.56 Å². The molecule has 1 atom stereocenters. The number of fused-ring (bicyclic) bond motifs is 1. The van der Waals surface area contributed by atoms with Gasteiger partial charge in [0, 0.05) is 12.6 Å². The van der Waals surface area contributed by atoms with E-state index in [1.807, 2.05) is 24.3 Å². The Morgan fingerprint density at radius 2 is 2.11 bits per heavy atom. The summed E-state index contributed by atoms with van der Waals surface area (Å²) in [7, 11) is 0. The first-order chi connectivity index (χ1) is 9.26. The van der Waals surface area contributed by atoms with Gasteiger partial charge in [-0.05, 0) is 25.1 Å². The maximum absolute atomic E-state index is 12.4. The molecule has 1 aromatic heterocycles. The predicted octanol–water partition coefficient (Wildman–Crippen LogP) is 2.17. The van der Waals surface area contributed by atoms with Crippen LogP contribution in [-0.4, -0.2) is 22.1 Å². The fraction of sp³-hybridized carbons (Fsp3) is 0.467. The van der Waals surface area contributed by atoms with Gasteiger partial charge >= 0.3 is 0 Å². The van der Waals surface area contributed by atoms with Crippen LogP contribution in [0.4, 0.5) is 0 Å². The van der Waals surface area contributed by atoms with Crippen molar-refractivity contribution in [2.24, 2.45) is 0 Å². The lowest BCUT2D eigenvalue weighted by Gasteiger charge is -2.18. The quantitative estimate of drug-likeness (QED) is 0.865. The van der Waals surface area contributed by atoms with Crippen molar-refractivity contribution < 1.29 is 0 Å². The van der Waals surface area contributed by atoms with Crippen LogP contribution in [0.5, 0.6) is 0 Å². The fourth-order valence-electron chi connectivity index (χ4n) is 2.37. The minimum absolute atomic E-state index is 0.0459. The van der Waals surface area contributed by atoms with Crippen molar-refractivity contribution in [1.29, 1.82) is 0 Å². The van der Waals surface area contributed by atoms with E-state index in [4.69, 9.17) is 0 Å². The third-order valence-electron chi connectivity index (χ3n) is 3.28. The lowest BCUT2D eigenvalue weighted by Crippen LogP contribution is -2.36. The van der Waals surface area contributed by atoms with Crippen molar-refractivity contribution >= 4 is 10.9 Å². The monoisotopic (exact) mass is 259 g/mol. The largest absolute Gasteiger partial charge is 0.312 e. The first kappa shape index (κ1) is 13.7. The van der Waals surface area contributed by atoms with Crippen LogP contribution in [0, 0.1) is 0 Å². The normalized spacial score (nSPS) is 12.7. The number of nitrogens with one attached hydrogen (secondary N) is 1. The topological polar surface area (TPSA) is 46.9 Å². The Morgan fingerprint density at radius 3 is 2.84 bits per heavy atom. The Kier molecular flexibility index (Phi) is 4.68. The molecule has 102 valence electrons. The standard InChI is InChI=1S/C15H21N3O/c1-3-7-12(16-4-2)10-18-11-17-14-9-6-5-8-13(14)15(18)19/h5-6,8-9,11-12,16H,3-4,7,10H2,1-2H3. The van der Waals surface area contributed by atoms with Crippen molar-refractivity contribution in [3.05, 3.63) is 40.9 Å². The Balaban J connectivity index is 2.29. The molecule has 0 saturated carbocycles. The summed E-state index contributed by atoms with van der Waals surface area (Å²) >= 11 is 0. The summed E-state index contributed by atoms with van der Waals surface area (Å²) in [5.74, 6) is 0. The van der Waals surface area contributed by atoms with Crippen LogP contribution in [0.3, 0.4) is 0 Å². The SMILES string of the molecule is CCCC(Cn1cnc2ccccc2c1=O)NCC. The van der Waals surface area contributed by atoms with Crippen LogP contribution < -0.4 is 10.9 Å².